The number of likely N-dealkylation sites (tertiary alicyclic amines) is 1. The molecule has 0 spiro atoms. The number of aromatic nitrogens is 3. The number of piperidine rings is 1. The van der Waals surface area contributed by atoms with E-state index in [0.717, 1.165) is 18.1 Å². The predicted molar refractivity (Wildman–Crippen MR) is 111 cm³/mol. The molecular weight excluding hydrogens is 350 g/mol. The van der Waals surface area contributed by atoms with E-state index in [1.165, 1.54) is 69.1 Å². The van der Waals surface area contributed by atoms with Crippen LogP contribution in [0.5, 0.6) is 0 Å². The first-order valence-electron chi connectivity index (χ1n) is 11.0. The van der Waals surface area contributed by atoms with Crippen molar-refractivity contribution in [3.8, 4) is 0 Å². The molecule has 2 aliphatic rings. The molecule has 3 heterocycles. The van der Waals surface area contributed by atoms with Crippen LogP contribution < -0.4 is 5.32 Å². The van der Waals surface area contributed by atoms with Crippen molar-refractivity contribution in [1.29, 1.82) is 0 Å². The summed E-state index contributed by atoms with van der Waals surface area (Å²) in [4.78, 5) is 18.5. The van der Waals surface area contributed by atoms with Crippen molar-refractivity contribution in [1.82, 2.24) is 25.0 Å². The molecule has 1 saturated carbocycles. The fourth-order valence-corrected chi connectivity index (χ4v) is 5.01. The summed E-state index contributed by atoms with van der Waals surface area (Å²) in [6.45, 7) is 6.39. The molecule has 28 heavy (non-hydrogen) atoms. The van der Waals surface area contributed by atoms with Gasteiger partial charge in [0.25, 0.3) is 0 Å². The molecule has 1 amide bonds. The summed E-state index contributed by atoms with van der Waals surface area (Å²) in [5, 5.41) is 9.01. The number of hydrogen-bond acceptors (Lipinski definition) is 4. The second kappa shape index (κ2) is 9.03. The number of pyridine rings is 1. The van der Waals surface area contributed by atoms with Gasteiger partial charge in [0.15, 0.2) is 5.65 Å². The molecule has 152 valence electrons. The van der Waals surface area contributed by atoms with E-state index in [-0.39, 0.29) is 5.91 Å². The highest BCUT2D eigenvalue weighted by molar-refractivity contribution is 5.79. The lowest BCUT2D eigenvalue weighted by Crippen LogP contribution is -2.38. The average Bonchev–Trinajstić information content (AvgIpc) is 3.08. The standard InChI is InChI=1S/C22H33N5O/c1-17(28)23-12-14-27-22-20(10-5-11-24-22)21(25-27)19-9-6-13-26(16-19)15-18-7-3-2-4-8-18/h5,10-11,18-19H,2-4,6-9,12-16H2,1H3,(H,23,28)/t19-/m1/s1. The largest absolute Gasteiger partial charge is 0.354 e. The predicted octanol–water partition coefficient (Wildman–Crippen LogP) is 3.33. The second-order valence-electron chi connectivity index (χ2n) is 8.57. The number of nitrogens with one attached hydrogen (secondary N) is 1. The van der Waals surface area contributed by atoms with Crippen LogP contribution in [-0.2, 0) is 11.3 Å². The third-order valence-corrected chi connectivity index (χ3v) is 6.37. The maximum Gasteiger partial charge on any atom is 0.216 e. The van der Waals surface area contributed by atoms with E-state index in [0.29, 0.717) is 19.0 Å². The molecule has 1 atom stereocenters. The lowest BCUT2D eigenvalue weighted by molar-refractivity contribution is -0.118. The average molecular weight is 384 g/mol. The van der Waals surface area contributed by atoms with E-state index in [1.807, 2.05) is 16.9 Å². The molecule has 0 radical (unpaired) electrons. The van der Waals surface area contributed by atoms with Gasteiger partial charge in [-0.2, -0.15) is 5.10 Å². The molecule has 2 aromatic heterocycles. The summed E-state index contributed by atoms with van der Waals surface area (Å²) in [6, 6.07) is 4.16. The second-order valence-corrected chi connectivity index (χ2v) is 8.57. The van der Waals surface area contributed by atoms with Crippen LogP contribution in [0.1, 0.15) is 63.5 Å². The molecule has 0 bridgehead atoms. The molecule has 1 N–H and O–H groups in total. The maximum atomic E-state index is 11.2. The summed E-state index contributed by atoms with van der Waals surface area (Å²) in [7, 11) is 0. The van der Waals surface area contributed by atoms with Crippen LogP contribution in [-0.4, -0.2) is 51.8 Å². The number of rotatable bonds is 6. The normalized spacial score (nSPS) is 21.8. The number of carbonyl (C=O) groups is 1. The van der Waals surface area contributed by atoms with Crippen LogP contribution in [0.2, 0.25) is 0 Å². The van der Waals surface area contributed by atoms with Crippen molar-refractivity contribution < 1.29 is 4.79 Å². The van der Waals surface area contributed by atoms with Crippen LogP contribution in [0.3, 0.4) is 0 Å². The van der Waals surface area contributed by atoms with Gasteiger partial charge in [0, 0.05) is 44.1 Å². The molecule has 2 aromatic rings. The first kappa shape index (κ1) is 19.4. The van der Waals surface area contributed by atoms with Gasteiger partial charge in [-0.3, -0.25) is 4.79 Å². The van der Waals surface area contributed by atoms with E-state index in [9.17, 15) is 4.79 Å². The van der Waals surface area contributed by atoms with Crippen molar-refractivity contribution in [2.75, 3.05) is 26.2 Å². The summed E-state index contributed by atoms with van der Waals surface area (Å²) in [5.41, 5.74) is 2.13. The third-order valence-electron chi connectivity index (χ3n) is 6.37. The van der Waals surface area contributed by atoms with Crippen molar-refractivity contribution >= 4 is 16.9 Å². The first-order valence-corrected chi connectivity index (χ1v) is 11.0. The van der Waals surface area contributed by atoms with Gasteiger partial charge in [0.1, 0.15) is 0 Å². The van der Waals surface area contributed by atoms with Gasteiger partial charge in [-0.1, -0.05) is 19.3 Å². The quantitative estimate of drug-likeness (QED) is 0.831. The Balaban J connectivity index is 1.48. The number of amides is 1. The monoisotopic (exact) mass is 383 g/mol. The highest BCUT2D eigenvalue weighted by Crippen LogP contribution is 2.32. The van der Waals surface area contributed by atoms with E-state index in [1.54, 1.807) is 6.92 Å². The summed E-state index contributed by atoms with van der Waals surface area (Å²) < 4.78 is 1.97. The zero-order valence-electron chi connectivity index (χ0n) is 17.1. The minimum Gasteiger partial charge on any atom is -0.354 e. The molecule has 0 unspecified atom stereocenters. The summed E-state index contributed by atoms with van der Waals surface area (Å²) in [5.74, 6) is 1.36. The van der Waals surface area contributed by atoms with Gasteiger partial charge in [0.05, 0.1) is 12.2 Å². The van der Waals surface area contributed by atoms with Crippen LogP contribution in [0.4, 0.5) is 0 Å². The Morgan fingerprint density at radius 1 is 1.21 bits per heavy atom. The van der Waals surface area contributed by atoms with Crippen molar-refractivity contribution in [3.63, 3.8) is 0 Å². The molecule has 4 rings (SSSR count). The number of hydrogen-bond donors (Lipinski definition) is 1. The minimum atomic E-state index is -0.00437. The molecule has 1 aliphatic heterocycles. The van der Waals surface area contributed by atoms with Crippen LogP contribution in [0.25, 0.3) is 11.0 Å². The zero-order chi connectivity index (χ0) is 19.3. The number of nitrogens with zero attached hydrogens (tertiary/aromatic N) is 4. The SMILES string of the molecule is CC(=O)NCCn1nc([C@@H]2CCCN(CC3CCCCC3)C2)c2cccnc21. The molecule has 6 heteroatoms. The Kier molecular flexibility index (Phi) is 6.25. The van der Waals surface area contributed by atoms with E-state index in [2.05, 4.69) is 21.3 Å². The lowest BCUT2D eigenvalue weighted by atomic mass is 9.87. The molecule has 0 aromatic carbocycles. The topological polar surface area (TPSA) is 63.1 Å². The number of carbonyl (C=O) groups excluding carboxylic acids is 1. The Hall–Kier alpha value is -1.95. The van der Waals surface area contributed by atoms with Gasteiger partial charge in [-0.05, 0) is 50.3 Å². The highest BCUT2D eigenvalue weighted by atomic mass is 16.1. The highest BCUT2D eigenvalue weighted by Gasteiger charge is 2.27. The van der Waals surface area contributed by atoms with Gasteiger partial charge in [-0.15, -0.1) is 0 Å². The molecular formula is C22H33N5O. The fraction of sp³-hybridized carbons (Fsp3) is 0.682. The van der Waals surface area contributed by atoms with Crippen molar-refractivity contribution in [2.45, 2.75) is 64.3 Å². The summed E-state index contributed by atoms with van der Waals surface area (Å²) in [6.07, 6.45) is 11.4. The number of fused-ring (bicyclic) bond motifs is 1. The summed E-state index contributed by atoms with van der Waals surface area (Å²) >= 11 is 0. The Morgan fingerprint density at radius 2 is 2.07 bits per heavy atom. The van der Waals surface area contributed by atoms with E-state index in [4.69, 9.17) is 5.10 Å². The van der Waals surface area contributed by atoms with Crippen LogP contribution >= 0.6 is 0 Å². The zero-order valence-corrected chi connectivity index (χ0v) is 17.1. The van der Waals surface area contributed by atoms with E-state index < -0.39 is 0 Å². The van der Waals surface area contributed by atoms with Gasteiger partial charge in [0.2, 0.25) is 5.91 Å². The third kappa shape index (κ3) is 4.54. The Bertz CT molecular complexity index is 795. The van der Waals surface area contributed by atoms with Crippen molar-refractivity contribution in [3.05, 3.63) is 24.0 Å². The van der Waals surface area contributed by atoms with Crippen LogP contribution in [0.15, 0.2) is 18.3 Å². The Labute approximate surface area is 167 Å². The minimum absolute atomic E-state index is 0.00437. The molecule has 2 fully saturated rings. The smallest absolute Gasteiger partial charge is 0.216 e. The fourth-order valence-electron chi connectivity index (χ4n) is 5.01. The van der Waals surface area contributed by atoms with Gasteiger partial charge < -0.3 is 10.2 Å². The van der Waals surface area contributed by atoms with E-state index >= 15 is 0 Å². The van der Waals surface area contributed by atoms with Gasteiger partial charge in [-0.25, -0.2) is 9.67 Å². The lowest BCUT2D eigenvalue weighted by Gasteiger charge is -2.35. The van der Waals surface area contributed by atoms with Crippen molar-refractivity contribution in [2.24, 2.45) is 5.92 Å². The molecule has 1 aliphatic carbocycles. The molecule has 6 nitrogen and oxygen atoms in total. The maximum absolute atomic E-state index is 11.2. The first-order chi connectivity index (χ1) is 13.7. The Morgan fingerprint density at radius 3 is 2.89 bits per heavy atom. The van der Waals surface area contributed by atoms with Crippen LogP contribution in [0, 0.1) is 5.92 Å². The van der Waals surface area contributed by atoms with Gasteiger partial charge >= 0.3 is 0 Å². The molecule has 1 saturated heterocycles.